The van der Waals surface area contributed by atoms with Crippen LogP contribution in [0.5, 0.6) is 5.75 Å². The van der Waals surface area contributed by atoms with Crippen LogP contribution in [0.25, 0.3) is 0 Å². The fourth-order valence-electron chi connectivity index (χ4n) is 1.54. The van der Waals surface area contributed by atoms with Crippen LogP contribution in [0.4, 0.5) is 0 Å². The second-order valence-electron chi connectivity index (χ2n) is 3.83. The zero-order valence-corrected chi connectivity index (χ0v) is 11.2. The van der Waals surface area contributed by atoms with Crippen molar-refractivity contribution in [2.75, 3.05) is 19.4 Å². The highest BCUT2D eigenvalue weighted by Crippen LogP contribution is 2.18. The van der Waals surface area contributed by atoms with Crippen molar-refractivity contribution >= 4 is 11.8 Å². The Bertz CT molecular complexity index is 439. The van der Waals surface area contributed by atoms with Gasteiger partial charge in [-0.15, -0.1) is 11.8 Å². The summed E-state index contributed by atoms with van der Waals surface area (Å²) >= 11 is 1.73. The lowest BCUT2D eigenvalue weighted by Crippen LogP contribution is -2.20. The first-order valence-electron chi connectivity index (χ1n) is 5.87. The van der Waals surface area contributed by atoms with Gasteiger partial charge in [0, 0.05) is 23.5 Å². The summed E-state index contributed by atoms with van der Waals surface area (Å²) in [6.45, 7) is 2.29. The highest BCUT2D eigenvalue weighted by atomic mass is 32.2. The second kappa shape index (κ2) is 7.13. The molecule has 0 amide bonds. The predicted molar refractivity (Wildman–Crippen MR) is 74.1 cm³/mol. The molecule has 18 heavy (non-hydrogen) atoms. The number of hydrogen-bond donors (Lipinski definition) is 1. The van der Waals surface area contributed by atoms with Gasteiger partial charge in [0.2, 0.25) is 0 Å². The van der Waals surface area contributed by atoms with Gasteiger partial charge in [-0.3, -0.25) is 0 Å². The molecule has 1 aromatic carbocycles. The van der Waals surface area contributed by atoms with E-state index in [0.29, 0.717) is 6.61 Å². The minimum absolute atomic E-state index is 0.663. The number of benzene rings is 1. The lowest BCUT2D eigenvalue weighted by Gasteiger charge is -2.07. The van der Waals surface area contributed by atoms with E-state index in [0.717, 1.165) is 24.4 Å². The maximum atomic E-state index is 5.63. The molecule has 0 fully saturated rings. The van der Waals surface area contributed by atoms with Gasteiger partial charge in [0.05, 0.1) is 12.5 Å². The molecule has 4 heteroatoms. The number of ether oxygens (including phenoxy) is 1. The van der Waals surface area contributed by atoms with Crippen LogP contribution in [0.3, 0.4) is 0 Å². The van der Waals surface area contributed by atoms with E-state index in [1.54, 1.807) is 24.3 Å². The SMILES string of the molecule is CSc1ccc(OCCNCc2ccoc2)cc1. The van der Waals surface area contributed by atoms with Crippen molar-refractivity contribution in [2.24, 2.45) is 0 Å². The minimum atomic E-state index is 0.663. The van der Waals surface area contributed by atoms with Crippen molar-refractivity contribution in [3.05, 3.63) is 48.4 Å². The van der Waals surface area contributed by atoms with E-state index in [9.17, 15) is 0 Å². The fourth-order valence-corrected chi connectivity index (χ4v) is 1.95. The first-order valence-corrected chi connectivity index (χ1v) is 7.09. The van der Waals surface area contributed by atoms with Gasteiger partial charge in [0.25, 0.3) is 0 Å². The predicted octanol–water partition coefficient (Wildman–Crippen LogP) is 3.17. The molecule has 1 aromatic heterocycles. The van der Waals surface area contributed by atoms with E-state index in [2.05, 4.69) is 23.7 Å². The summed E-state index contributed by atoms with van der Waals surface area (Å²) in [5.74, 6) is 0.915. The Hall–Kier alpha value is -1.39. The molecule has 0 atom stereocenters. The molecule has 2 rings (SSSR count). The molecule has 0 aliphatic rings. The van der Waals surface area contributed by atoms with Crippen molar-refractivity contribution < 1.29 is 9.15 Å². The zero-order chi connectivity index (χ0) is 12.6. The third-order valence-electron chi connectivity index (χ3n) is 2.52. The minimum Gasteiger partial charge on any atom is -0.492 e. The Morgan fingerprint density at radius 2 is 2.06 bits per heavy atom. The summed E-state index contributed by atoms with van der Waals surface area (Å²) in [6, 6.07) is 10.1. The lowest BCUT2D eigenvalue weighted by atomic mass is 10.3. The molecule has 0 aliphatic carbocycles. The summed E-state index contributed by atoms with van der Waals surface area (Å²) in [5, 5.41) is 3.29. The Balaban J connectivity index is 1.62. The molecule has 0 saturated heterocycles. The summed E-state index contributed by atoms with van der Waals surface area (Å²) < 4.78 is 10.6. The highest BCUT2D eigenvalue weighted by molar-refractivity contribution is 7.98. The molecular weight excluding hydrogens is 246 g/mol. The molecule has 0 radical (unpaired) electrons. The van der Waals surface area contributed by atoms with E-state index in [1.807, 2.05) is 18.2 Å². The van der Waals surface area contributed by atoms with Gasteiger partial charge in [0.15, 0.2) is 0 Å². The van der Waals surface area contributed by atoms with E-state index in [4.69, 9.17) is 9.15 Å². The first kappa shape index (κ1) is 13.1. The molecular formula is C14H17NO2S. The monoisotopic (exact) mass is 263 g/mol. The van der Waals surface area contributed by atoms with E-state index < -0.39 is 0 Å². The van der Waals surface area contributed by atoms with Crippen LogP contribution < -0.4 is 10.1 Å². The Kier molecular flexibility index (Phi) is 5.17. The highest BCUT2D eigenvalue weighted by Gasteiger charge is 1.96. The van der Waals surface area contributed by atoms with E-state index in [-0.39, 0.29) is 0 Å². The van der Waals surface area contributed by atoms with Crippen molar-refractivity contribution in [1.29, 1.82) is 0 Å². The van der Waals surface area contributed by atoms with Gasteiger partial charge in [-0.1, -0.05) is 0 Å². The van der Waals surface area contributed by atoms with Crippen molar-refractivity contribution in [1.82, 2.24) is 5.32 Å². The van der Waals surface area contributed by atoms with Crippen molar-refractivity contribution in [3.63, 3.8) is 0 Å². The second-order valence-corrected chi connectivity index (χ2v) is 4.71. The number of furan rings is 1. The molecule has 0 spiro atoms. The zero-order valence-electron chi connectivity index (χ0n) is 10.4. The van der Waals surface area contributed by atoms with Gasteiger partial charge in [-0.25, -0.2) is 0 Å². The summed E-state index contributed by atoms with van der Waals surface area (Å²) in [4.78, 5) is 1.25. The van der Waals surface area contributed by atoms with Gasteiger partial charge in [-0.05, 0) is 36.6 Å². The molecule has 1 heterocycles. The molecule has 96 valence electrons. The van der Waals surface area contributed by atoms with Gasteiger partial charge in [0.1, 0.15) is 12.4 Å². The van der Waals surface area contributed by atoms with Gasteiger partial charge < -0.3 is 14.5 Å². The normalized spacial score (nSPS) is 10.5. The molecule has 1 N–H and O–H groups in total. The van der Waals surface area contributed by atoms with E-state index >= 15 is 0 Å². The molecule has 0 bridgehead atoms. The van der Waals surface area contributed by atoms with Gasteiger partial charge in [-0.2, -0.15) is 0 Å². The third kappa shape index (κ3) is 4.13. The largest absolute Gasteiger partial charge is 0.492 e. The Labute approximate surface area is 112 Å². The summed E-state index contributed by atoms with van der Waals surface area (Å²) in [5.41, 5.74) is 1.15. The number of hydrogen-bond acceptors (Lipinski definition) is 4. The first-order chi connectivity index (χ1) is 8.88. The molecule has 0 saturated carbocycles. The van der Waals surface area contributed by atoms with E-state index in [1.165, 1.54) is 4.90 Å². The van der Waals surface area contributed by atoms with Crippen LogP contribution in [0.1, 0.15) is 5.56 Å². The van der Waals surface area contributed by atoms with Crippen LogP contribution >= 0.6 is 11.8 Å². The molecule has 0 unspecified atom stereocenters. The number of rotatable bonds is 7. The van der Waals surface area contributed by atoms with Crippen molar-refractivity contribution in [3.8, 4) is 5.75 Å². The Morgan fingerprint density at radius 3 is 2.72 bits per heavy atom. The van der Waals surface area contributed by atoms with Gasteiger partial charge >= 0.3 is 0 Å². The third-order valence-corrected chi connectivity index (χ3v) is 3.26. The quantitative estimate of drug-likeness (QED) is 0.614. The molecule has 0 aliphatic heterocycles. The average Bonchev–Trinajstić information content (AvgIpc) is 2.92. The molecule has 2 aromatic rings. The fraction of sp³-hybridized carbons (Fsp3) is 0.286. The lowest BCUT2D eigenvalue weighted by molar-refractivity contribution is 0.313. The maximum Gasteiger partial charge on any atom is 0.119 e. The van der Waals surface area contributed by atoms with Crippen molar-refractivity contribution in [2.45, 2.75) is 11.4 Å². The maximum absolute atomic E-state index is 5.63. The molecule has 3 nitrogen and oxygen atoms in total. The standard InChI is InChI=1S/C14H17NO2S/c1-18-14-4-2-13(3-5-14)17-9-7-15-10-12-6-8-16-11-12/h2-6,8,11,15H,7,9-10H2,1H3. The van der Waals surface area contributed by atoms with Crippen LogP contribution in [-0.2, 0) is 6.54 Å². The summed E-state index contributed by atoms with van der Waals surface area (Å²) in [7, 11) is 0. The van der Waals surface area contributed by atoms with Crippen LogP contribution in [0.15, 0.2) is 52.2 Å². The Morgan fingerprint density at radius 1 is 1.22 bits per heavy atom. The average molecular weight is 263 g/mol. The topological polar surface area (TPSA) is 34.4 Å². The van der Waals surface area contributed by atoms with Crippen LogP contribution in [0, 0.1) is 0 Å². The van der Waals surface area contributed by atoms with Crippen LogP contribution in [-0.4, -0.2) is 19.4 Å². The number of thioether (sulfide) groups is 1. The summed E-state index contributed by atoms with van der Waals surface area (Å²) in [6.07, 6.45) is 5.49. The number of nitrogens with one attached hydrogen (secondary N) is 1. The van der Waals surface area contributed by atoms with Crippen LogP contribution in [0.2, 0.25) is 0 Å². The smallest absolute Gasteiger partial charge is 0.119 e.